The Morgan fingerprint density at radius 2 is 1.83 bits per heavy atom. The van der Waals surface area contributed by atoms with Gasteiger partial charge in [-0.1, -0.05) is 48.5 Å². The molecule has 29 heavy (non-hydrogen) atoms. The molecule has 1 atom stereocenters. The number of halogens is 1. The second-order valence-corrected chi connectivity index (χ2v) is 7.92. The summed E-state index contributed by atoms with van der Waals surface area (Å²) in [4.78, 5) is 14.0. The Morgan fingerprint density at radius 3 is 2.66 bits per heavy atom. The van der Waals surface area contributed by atoms with Crippen molar-refractivity contribution >= 4 is 34.2 Å². The smallest absolute Gasteiger partial charge is 0.238 e. The fourth-order valence-electron chi connectivity index (χ4n) is 3.19. The van der Waals surface area contributed by atoms with Crippen LogP contribution >= 0.6 is 22.6 Å². The molecule has 0 saturated carbocycles. The first kappa shape index (κ1) is 19.7. The number of anilines is 1. The maximum absolute atomic E-state index is 12.2. The van der Waals surface area contributed by atoms with E-state index in [9.17, 15) is 9.90 Å². The number of hydrogen-bond donors (Lipinski definition) is 3. The number of carbonyl (C=O) groups is 1. The van der Waals surface area contributed by atoms with Crippen LogP contribution < -0.4 is 20.5 Å². The Bertz CT molecular complexity index is 1010. The van der Waals surface area contributed by atoms with Crippen molar-refractivity contribution < 1.29 is 14.6 Å². The molecule has 1 heterocycles. The standard InChI is InChI=1S/C22H20IN3O3/c23-17-10-11-20-18(13-17)26(14-16-8-4-5-9-19(16)29-20)22(28)25-24-21(27)12-15-6-2-1-3-7-15/h1-11,13,22,25,28H,12,14H2,(H,24,27). The minimum atomic E-state index is -1.14. The summed E-state index contributed by atoms with van der Waals surface area (Å²) >= 11 is 2.22. The number of aliphatic hydroxyl groups excluding tert-OH is 1. The average Bonchev–Trinajstić information content (AvgIpc) is 2.89. The van der Waals surface area contributed by atoms with E-state index in [4.69, 9.17) is 4.74 Å². The summed E-state index contributed by atoms with van der Waals surface area (Å²) in [5.74, 6) is 1.16. The van der Waals surface area contributed by atoms with Gasteiger partial charge in [0.25, 0.3) is 0 Å². The molecule has 148 valence electrons. The molecule has 3 aromatic carbocycles. The van der Waals surface area contributed by atoms with E-state index >= 15 is 0 Å². The third-order valence-corrected chi connectivity index (χ3v) is 5.28. The molecular formula is C22H20IN3O3. The summed E-state index contributed by atoms with van der Waals surface area (Å²) in [6.45, 7) is 0.423. The van der Waals surface area contributed by atoms with Gasteiger partial charge in [0.05, 0.1) is 18.7 Å². The highest BCUT2D eigenvalue weighted by Gasteiger charge is 2.25. The van der Waals surface area contributed by atoms with Crippen molar-refractivity contribution in [3.8, 4) is 11.5 Å². The zero-order valence-electron chi connectivity index (χ0n) is 15.5. The number of nitrogens with zero attached hydrogens (tertiary/aromatic N) is 1. The van der Waals surface area contributed by atoms with Crippen LogP contribution in [-0.4, -0.2) is 17.4 Å². The van der Waals surface area contributed by atoms with Gasteiger partial charge in [0.1, 0.15) is 5.75 Å². The first-order valence-corrected chi connectivity index (χ1v) is 10.3. The normalized spacial score (nSPS) is 13.5. The van der Waals surface area contributed by atoms with Gasteiger partial charge in [-0.3, -0.25) is 10.2 Å². The van der Waals surface area contributed by atoms with Crippen LogP contribution in [0.3, 0.4) is 0 Å². The average molecular weight is 501 g/mol. The van der Waals surface area contributed by atoms with Crippen LogP contribution in [0.25, 0.3) is 0 Å². The molecule has 0 radical (unpaired) electrons. The highest BCUT2D eigenvalue weighted by Crippen LogP contribution is 2.40. The molecule has 7 heteroatoms. The van der Waals surface area contributed by atoms with Crippen LogP contribution in [0.5, 0.6) is 11.5 Å². The molecule has 0 saturated heterocycles. The topological polar surface area (TPSA) is 73.8 Å². The van der Waals surface area contributed by atoms with Crippen molar-refractivity contribution in [2.45, 2.75) is 19.3 Å². The SMILES string of the molecule is O=C(Cc1ccccc1)NNC(O)N1Cc2ccccc2Oc2ccc(I)cc21. The van der Waals surface area contributed by atoms with E-state index in [0.29, 0.717) is 12.3 Å². The number of rotatable bonds is 5. The third kappa shape index (κ3) is 4.69. The van der Waals surface area contributed by atoms with Gasteiger partial charge in [-0.2, -0.15) is 5.43 Å². The Kier molecular flexibility index (Phi) is 5.98. The van der Waals surface area contributed by atoms with Gasteiger partial charge < -0.3 is 14.7 Å². The van der Waals surface area contributed by atoms with Crippen LogP contribution in [0.1, 0.15) is 11.1 Å². The molecule has 1 unspecified atom stereocenters. The fourth-order valence-corrected chi connectivity index (χ4v) is 3.66. The van der Waals surface area contributed by atoms with Crippen LogP contribution in [0.15, 0.2) is 72.8 Å². The van der Waals surface area contributed by atoms with Crippen molar-refractivity contribution in [2.24, 2.45) is 0 Å². The van der Waals surface area contributed by atoms with Crippen molar-refractivity contribution in [1.29, 1.82) is 0 Å². The molecule has 1 aliphatic rings. The Hall–Kier alpha value is -2.62. The number of ether oxygens (including phenoxy) is 1. The molecule has 0 aromatic heterocycles. The minimum Gasteiger partial charge on any atom is -0.455 e. The Balaban J connectivity index is 1.51. The Morgan fingerprint density at radius 1 is 1.07 bits per heavy atom. The predicted octanol–water partition coefficient (Wildman–Crippen LogP) is 3.54. The summed E-state index contributed by atoms with van der Waals surface area (Å²) in [6, 6.07) is 22.9. The summed E-state index contributed by atoms with van der Waals surface area (Å²) in [6.07, 6.45) is -0.914. The molecular weight excluding hydrogens is 481 g/mol. The molecule has 1 amide bonds. The van der Waals surface area contributed by atoms with Crippen LogP contribution in [-0.2, 0) is 17.8 Å². The van der Waals surface area contributed by atoms with Crippen molar-refractivity contribution in [1.82, 2.24) is 10.9 Å². The lowest BCUT2D eigenvalue weighted by Gasteiger charge is -2.30. The molecule has 3 N–H and O–H groups in total. The first-order chi connectivity index (χ1) is 14.1. The lowest BCUT2D eigenvalue weighted by Crippen LogP contribution is -2.53. The van der Waals surface area contributed by atoms with E-state index in [1.54, 1.807) is 4.90 Å². The zero-order chi connectivity index (χ0) is 20.2. The largest absolute Gasteiger partial charge is 0.455 e. The number of hydrogen-bond acceptors (Lipinski definition) is 5. The van der Waals surface area contributed by atoms with E-state index in [2.05, 4.69) is 33.4 Å². The van der Waals surface area contributed by atoms with Crippen molar-refractivity contribution in [2.75, 3.05) is 4.90 Å². The number of amides is 1. The van der Waals surface area contributed by atoms with E-state index in [1.165, 1.54) is 0 Å². The van der Waals surface area contributed by atoms with Gasteiger partial charge in [-0.25, -0.2) is 0 Å². The van der Waals surface area contributed by atoms with E-state index < -0.39 is 6.35 Å². The van der Waals surface area contributed by atoms with Gasteiger partial charge in [-0.05, 0) is 52.4 Å². The minimum absolute atomic E-state index is 0.223. The van der Waals surface area contributed by atoms with Gasteiger partial charge in [0.2, 0.25) is 12.3 Å². The highest BCUT2D eigenvalue weighted by molar-refractivity contribution is 14.1. The van der Waals surface area contributed by atoms with E-state index in [-0.39, 0.29) is 12.3 Å². The Labute approximate surface area is 182 Å². The van der Waals surface area contributed by atoms with Gasteiger partial charge in [0.15, 0.2) is 5.75 Å². The number of aliphatic hydroxyl groups is 1. The van der Waals surface area contributed by atoms with Crippen LogP contribution in [0.4, 0.5) is 5.69 Å². The molecule has 0 aliphatic carbocycles. The monoisotopic (exact) mass is 501 g/mol. The first-order valence-electron chi connectivity index (χ1n) is 9.18. The van der Waals surface area contributed by atoms with Gasteiger partial charge >= 0.3 is 0 Å². The summed E-state index contributed by atoms with van der Waals surface area (Å²) in [5, 5.41) is 10.8. The third-order valence-electron chi connectivity index (χ3n) is 4.61. The number of para-hydroxylation sites is 1. The molecule has 6 nitrogen and oxygen atoms in total. The number of benzene rings is 3. The van der Waals surface area contributed by atoms with Gasteiger partial charge in [0, 0.05) is 9.13 Å². The highest BCUT2D eigenvalue weighted by atomic mass is 127. The van der Waals surface area contributed by atoms with Crippen molar-refractivity contribution in [3.63, 3.8) is 0 Å². The second kappa shape index (κ2) is 8.81. The van der Waals surface area contributed by atoms with Gasteiger partial charge in [-0.15, -0.1) is 0 Å². The van der Waals surface area contributed by atoms with E-state index in [0.717, 1.165) is 26.1 Å². The zero-order valence-corrected chi connectivity index (χ0v) is 17.7. The quantitative estimate of drug-likeness (QED) is 0.284. The molecule has 0 bridgehead atoms. The number of fused-ring (bicyclic) bond motifs is 2. The van der Waals surface area contributed by atoms with Crippen LogP contribution in [0, 0.1) is 3.57 Å². The second-order valence-electron chi connectivity index (χ2n) is 6.68. The molecule has 0 fully saturated rings. The van der Waals surface area contributed by atoms with Crippen LogP contribution in [0.2, 0.25) is 0 Å². The predicted molar refractivity (Wildman–Crippen MR) is 119 cm³/mol. The summed E-state index contributed by atoms with van der Waals surface area (Å²) in [7, 11) is 0. The number of hydrazine groups is 1. The van der Waals surface area contributed by atoms with E-state index in [1.807, 2.05) is 72.8 Å². The molecule has 4 rings (SSSR count). The maximum atomic E-state index is 12.2. The maximum Gasteiger partial charge on any atom is 0.238 e. The lowest BCUT2D eigenvalue weighted by atomic mass is 10.1. The summed E-state index contributed by atoms with van der Waals surface area (Å²) < 4.78 is 7.09. The summed E-state index contributed by atoms with van der Waals surface area (Å²) in [5.41, 5.74) is 7.89. The number of nitrogens with one attached hydrogen (secondary N) is 2. The molecule has 1 aliphatic heterocycles. The molecule has 0 spiro atoms. The van der Waals surface area contributed by atoms with Crippen molar-refractivity contribution in [3.05, 3.63) is 87.5 Å². The fraction of sp³-hybridized carbons (Fsp3) is 0.136. The lowest BCUT2D eigenvalue weighted by molar-refractivity contribution is -0.122. The number of carbonyl (C=O) groups excluding carboxylic acids is 1. The molecule has 3 aromatic rings.